The summed E-state index contributed by atoms with van der Waals surface area (Å²) in [6, 6.07) is -2.74. The number of carbonyl (C=O) groups is 3. The number of hydrogen-bond donors (Lipinski definition) is 2. The van der Waals surface area contributed by atoms with Crippen LogP contribution in [0.1, 0.15) is 46.0 Å². The standard InChI is InChI=1S/C16H23F3N2O4/c1-8(2)12(20-15(25)16(17,18)19)13(22)21-10-6-4-3-5-9(10)7-11(21)14(23)24/h8-12H,3-7H2,1-2H3,(H,20,25)(H,23,24)/t9?,10?,11?,12-/m0/s1. The Morgan fingerprint density at radius 1 is 1.16 bits per heavy atom. The van der Waals surface area contributed by atoms with Crippen molar-refractivity contribution < 1.29 is 32.7 Å². The largest absolute Gasteiger partial charge is 0.480 e. The molecule has 2 fully saturated rings. The smallest absolute Gasteiger partial charge is 0.471 e. The molecule has 3 unspecified atom stereocenters. The summed E-state index contributed by atoms with van der Waals surface area (Å²) in [6.07, 6.45) is -1.55. The first-order chi connectivity index (χ1) is 11.5. The van der Waals surface area contributed by atoms with E-state index >= 15 is 0 Å². The molecule has 2 rings (SSSR count). The molecule has 0 aromatic heterocycles. The monoisotopic (exact) mass is 364 g/mol. The van der Waals surface area contributed by atoms with Crippen LogP contribution >= 0.6 is 0 Å². The Morgan fingerprint density at radius 3 is 2.28 bits per heavy atom. The normalized spacial score (nSPS) is 27.8. The summed E-state index contributed by atoms with van der Waals surface area (Å²) in [7, 11) is 0. The third-order valence-corrected chi connectivity index (χ3v) is 5.10. The van der Waals surface area contributed by atoms with E-state index < -0.39 is 42.0 Å². The quantitative estimate of drug-likeness (QED) is 0.798. The number of carboxylic acid groups (broad SMARTS) is 1. The molecule has 2 aliphatic rings. The van der Waals surface area contributed by atoms with E-state index in [9.17, 15) is 32.7 Å². The van der Waals surface area contributed by atoms with E-state index in [4.69, 9.17) is 0 Å². The summed E-state index contributed by atoms with van der Waals surface area (Å²) >= 11 is 0. The van der Waals surface area contributed by atoms with Crippen LogP contribution in [0.5, 0.6) is 0 Å². The lowest BCUT2D eigenvalue weighted by Gasteiger charge is -2.36. The van der Waals surface area contributed by atoms with Crippen LogP contribution in [0.4, 0.5) is 13.2 Å². The van der Waals surface area contributed by atoms with Gasteiger partial charge in [-0.2, -0.15) is 13.2 Å². The van der Waals surface area contributed by atoms with Crippen LogP contribution in [0.25, 0.3) is 0 Å². The van der Waals surface area contributed by atoms with Crippen molar-refractivity contribution in [3.05, 3.63) is 0 Å². The van der Waals surface area contributed by atoms with Crippen molar-refractivity contribution in [1.82, 2.24) is 10.2 Å². The molecule has 0 aromatic rings. The van der Waals surface area contributed by atoms with Crippen molar-refractivity contribution in [2.24, 2.45) is 11.8 Å². The van der Waals surface area contributed by atoms with Crippen molar-refractivity contribution in [3.8, 4) is 0 Å². The summed E-state index contributed by atoms with van der Waals surface area (Å²) in [6.45, 7) is 3.03. The van der Waals surface area contributed by atoms with Gasteiger partial charge < -0.3 is 15.3 Å². The second-order valence-corrected chi connectivity index (χ2v) is 7.14. The number of aliphatic carboxylic acids is 1. The molecule has 142 valence electrons. The van der Waals surface area contributed by atoms with E-state index in [2.05, 4.69) is 0 Å². The minimum Gasteiger partial charge on any atom is -0.480 e. The van der Waals surface area contributed by atoms with Gasteiger partial charge in [0.1, 0.15) is 12.1 Å². The van der Waals surface area contributed by atoms with E-state index in [1.54, 1.807) is 5.32 Å². The van der Waals surface area contributed by atoms with Crippen LogP contribution in [-0.2, 0) is 14.4 Å². The van der Waals surface area contributed by atoms with E-state index in [0.29, 0.717) is 12.8 Å². The molecule has 2 N–H and O–H groups in total. The molecular formula is C16H23F3N2O4. The van der Waals surface area contributed by atoms with Gasteiger partial charge in [0.25, 0.3) is 0 Å². The van der Waals surface area contributed by atoms with Crippen molar-refractivity contribution >= 4 is 17.8 Å². The molecule has 6 nitrogen and oxygen atoms in total. The number of amides is 2. The molecule has 9 heteroatoms. The molecule has 25 heavy (non-hydrogen) atoms. The van der Waals surface area contributed by atoms with Crippen LogP contribution in [0.3, 0.4) is 0 Å². The number of likely N-dealkylation sites (tertiary alicyclic amines) is 1. The predicted octanol–water partition coefficient (Wildman–Crippen LogP) is 1.93. The summed E-state index contributed by atoms with van der Waals surface area (Å²) in [5.41, 5.74) is 0. The second kappa shape index (κ2) is 7.21. The van der Waals surface area contributed by atoms with Gasteiger partial charge in [0.2, 0.25) is 5.91 Å². The van der Waals surface area contributed by atoms with E-state index in [-0.39, 0.29) is 12.0 Å². The molecule has 4 atom stereocenters. The zero-order valence-corrected chi connectivity index (χ0v) is 14.2. The van der Waals surface area contributed by atoms with Gasteiger partial charge in [-0.05, 0) is 31.1 Å². The number of carbonyl (C=O) groups excluding carboxylic acids is 2. The number of halogens is 3. The minimum absolute atomic E-state index is 0.0462. The molecule has 0 spiro atoms. The van der Waals surface area contributed by atoms with Crippen LogP contribution in [-0.4, -0.2) is 52.1 Å². The number of carboxylic acids is 1. The SMILES string of the molecule is CC(C)[C@H](NC(=O)C(F)(F)F)C(=O)N1C(C(=O)O)CC2CCCCC21. The first kappa shape index (κ1) is 19.5. The Kier molecular flexibility index (Phi) is 5.63. The lowest BCUT2D eigenvalue weighted by molar-refractivity contribution is -0.175. The number of hydrogen-bond acceptors (Lipinski definition) is 3. The lowest BCUT2D eigenvalue weighted by atomic mass is 9.84. The fourth-order valence-corrected chi connectivity index (χ4v) is 3.89. The third-order valence-electron chi connectivity index (χ3n) is 5.10. The van der Waals surface area contributed by atoms with Crippen LogP contribution in [0.2, 0.25) is 0 Å². The zero-order valence-electron chi connectivity index (χ0n) is 14.2. The molecule has 1 heterocycles. The molecule has 1 aliphatic carbocycles. The number of fused-ring (bicyclic) bond motifs is 1. The summed E-state index contributed by atoms with van der Waals surface area (Å²) in [4.78, 5) is 37.0. The number of rotatable bonds is 4. The highest BCUT2D eigenvalue weighted by Crippen LogP contribution is 2.40. The van der Waals surface area contributed by atoms with Gasteiger partial charge in [0.05, 0.1) is 0 Å². The number of alkyl halides is 3. The average Bonchev–Trinajstić information content (AvgIpc) is 2.90. The second-order valence-electron chi connectivity index (χ2n) is 7.14. The van der Waals surface area contributed by atoms with Crippen molar-refractivity contribution in [1.29, 1.82) is 0 Å². The minimum atomic E-state index is -5.10. The average molecular weight is 364 g/mol. The summed E-state index contributed by atoms with van der Waals surface area (Å²) < 4.78 is 37.7. The Balaban J connectivity index is 2.26. The van der Waals surface area contributed by atoms with E-state index in [1.807, 2.05) is 0 Å². The van der Waals surface area contributed by atoms with Gasteiger partial charge in [0.15, 0.2) is 0 Å². The van der Waals surface area contributed by atoms with Gasteiger partial charge in [-0.3, -0.25) is 9.59 Å². The number of nitrogens with one attached hydrogen (secondary N) is 1. The first-order valence-electron chi connectivity index (χ1n) is 8.46. The van der Waals surface area contributed by atoms with Crippen molar-refractivity contribution in [2.75, 3.05) is 0 Å². The van der Waals surface area contributed by atoms with Gasteiger partial charge in [0, 0.05) is 6.04 Å². The highest BCUT2D eigenvalue weighted by atomic mass is 19.4. The highest BCUT2D eigenvalue weighted by molar-refractivity contribution is 5.92. The maximum atomic E-state index is 12.9. The summed E-state index contributed by atoms with van der Waals surface area (Å²) in [5.74, 6) is -4.64. The molecular weight excluding hydrogens is 341 g/mol. The zero-order chi connectivity index (χ0) is 18.9. The van der Waals surface area contributed by atoms with Gasteiger partial charge in [-0.15, -0.1) is 0 Å². The molecule has 1 saturated heterocycles. The van der Waals surface area contributed by atoms with Crippen LogP contribution in [0.15, 0.2) is 0 Å². The molecule has 1 saturated carbocycles. The van der Waals surface area contributed by atoms with Gasteiger partial charge >= 0.3 is 18.1 Å². The lowest BCUT2D eigenvalue weighted by Crippen LogP contribution is -2.58. The molecule has 0 aromatic carbocycles. The van der Waals surface area contributed by atoms with Crippen LogP contribution < -0.4 is 5.32 Å². The van der Waals surface area contributed by atoms with Crippen LogP contribution in [0, 0.1) is 11.8 Å². The highest BCUT2D eigenvalue weighted by Gasteiger charge is 2.50. The molecule has 0 radical (unpaired) electrons. The number of nitrogens with zero attached hydrogens (tertiary/aromatic N) is 1. The third kappa shape index (κ3) is 4.07. The Labute approximate surface area is 143 Å². The maximum Gasteiger partial charge on any atom is 0.471 e. The molecule has 2 amide bonds. The van der Waals surface area contributed by atoms with Crippen molar-refractivity contribution in [2.45, 2.75) is 70.3 Å². The first-order valence-corrected chi connectivity index (χ1v) is 8.46. The van der Waals surface area contributed by atoms with Gasteiger partial charge in [-0.25, -0.2) is 4.79 Å². The molecule has 1 aliphatic heterocycles. The summed E-state index contributed by atoms with van der Waals surface area (Å²) in [5, 5.41) is 11.2. The Morgan fingerprint density at radius 2 is 1.76 bits per heavy atom. The molecule has 0 bridgehead atoms. The predicted molar refractivity (Wildman–Crippen MR) is 81.5 cm³/mol. The van der Waals surface area contributed by atoms with E-state index in [0.717, 1.165) is 19.3 Å². The Hall–Kier alpha value is -1.80. The van der Waals surface area contributed by atoms with Gasteiger partial charge in [-0.1, -0.05) is 26.7 Å². The Bertz CT molecular complexity index is 550. The topological polar surface area (TPSA) is 86.7 Å². The van der Waals surface area contributed by atoms with E-state index in [1.165, 1.54) is 18.7 Å². The van der Waals surface area contributed by atoms with Crippen molar-refractivity contribution in [3.63, 3.8) is 0 Å². The fraction of sp³-hybridized carbons (Fsp3) is 0.812. The fourth-order valence-electron chi connectivity index (χ4n) is 3.89. The maximum absolute atomic E-state index is 12.9.